The molecule has 0 N–H and O–H groups in total. The smallest absolute Gasteiger partial charge is 0.223 e. The lowest BCUT2D eigenvalue weighted by molar-refractivity contribution is -0.131. The number of piperazine rings is 1. The fourth-order valence-electron chi connectivity index (χ4n) is 2.89. The van der Waals surface area contributed by atoms with E-state index in [1.54, 1.807) is 18.6 Å². The van der Waals surface area contributed by atoms with Gasteiger partial charge in [0.05, 0.1) is 11.9 Å². The second-order valence-electron chi connectivity index (χ2n) is 5.73. The van der Waals surface area contributed by atoms with Crippen LogP contribution in [0.5, 0.6) is 0 Å². The van der Waals surface area contributed by atoms with E-state index < -0.39 is 0 Å². The molecule has 1 fully saturated rings. The highest BCUT2D eigenvalue weighted by molar-refractivity contribution is 5.76. The van der Waals surface area contributed by atoms with Crippen molar-refractivity contribution in [2.45, 2.75) is 26.7 Å². The van der Waals surface area contributed by atoms with Gasteiger partial charge in [0.25, 0.3) is 0 Å². The Balaban J connectivity index is 1.50. The van der Waals surface area contributed by atoms with E-state index in [-0.39, 0.29) is 5.91 Å². The van der Waals surface area contributed by atoms with Gasteiger partial charge in [-0.15, -0.1) is 0 Å². The van der Waals surface area contributed by atoms with E-state index in [1.165, 1.54) is 0 Å². The predicted octanol–water partition coefficient (Wildman–Crippen LogP) is 1.36. The molecule has 0 bridgehead atoms. The summed E-state index contributed by atoms with van der Waals surface area (Å²) >= 11 is 0. The fourth-order valence-corrected chi connectivity index (χ4v) is 2.89. The number of rotatable bonds is 4. The van der Waals surface area contributed by atoms with Crippen molar-refractivity contribution in [3.05, 3.63) is 35.6 Å². The molecule has 0 radical (unpaired) electrons. The normalized spacial score (nSPS) is 15.0. The Morgan fingerprint density at radius 2 is 2.00 bits per heavy atom. The quantitative estimate of drug-likeness (QED) is 0.848. The Bertz CT molecular complexity index is 643. The average Bonchev–Trinajstić information content (AvgIpc) is 2.92. The van der Waals surface area contributed by atoms with Crippen LogP contribution in [-0.4, -0.2) is 52.1 Å². The first-order chi connectivity index (χ1) is 11.1. The molecule has 0 saturated carbocycles. The molecule has 2 aromatic rings. The molecule has 1 aliphatic heterocycles. The van der Waals surface area contributed by atoms with Crippen LogP contribution in [0.4, 0.5) is 5.82 Å². The van der Waals surface area contributed by atoms with Gasteiger partial charge in [-0.05, 0) is 20.3 Å². The van der Waals surface area contributed by atoms with Crippen LogP contribution in [0.1, 0.15) is 23.4 Å². The van der Waals surface area contributed by atoms with E-state index in [9.17, 15) is 4.79 Å². The highest BCUT2D eigenvalue weighted by Crippen LogP contribution is 2.16. The summed E-state index contributed by atoms with van der Waals surface area (Å²) in [5.74, 6) is 1.86. The monoisotopic (exact) mass is 315 g/mol. The van der Waals surface area contributed by atoms with Crippen LogP contribution in [0.15, 0.2) is 23.1 Å². The number of carbonyl (C=O) groups excluding carboxylic acids is 1. The van der Waals surface area contributed by atoms with Gasteiger partial charge in [0.2, 0.25) is 5.91 Å². The molecule has 0 spiro atoms. The van der Waals surface area contributed by atoms with E-state index in [2.05, 4.69) is 20.0 Å². The third-order valence-corrected chi connectivity index (χ3v) is 4.28. The lowest BCUT2D eigenvalue weighted by atomic mass is 10.1. The van der Waals surface area contributed by atoms with Gasteiger partial charge in [-0.3, -0.25) is 9.78 Å². The minimum atomic E-state index is 0.184. The van der Waals surface area contributed by atoms with Crippen LogP contribution in [0, 0.1) is 13.8 Å². The number of hydrogen-bond acceptors (Lipinski definition) is 6. The Morgan fingerprint density at radius 3 is 2.61 bits per heavy atom. The van der Waals surface area contributed by atoms with Gasteiger partial charge in [0.15, 0.2) is 0 Å². The largest absolute Gasteiger partial charge is 0.361 e. The standard InChI is InChI=1S/C16H21N5O2/c1-12-14(13(2)23-19-12)3-4-16(22)21-9-7-20(8-10-21)15-11-17-5-6-18-15/h5-6,11H,3-4,7-10H2,1-2H3. The number of hydrogen-bond donors (Lipinski definition) is 0. The first-order valence-electron chi connectivity index (χ1n) is 7.85. The number of amides is 1. The summed E-state index contributed by atoms with van der Waals surface area (Å²) in [6, 6.07) is 0. The molecule has 7 nitrogen and oxygen atoms in total. The maximum atomic E-state index is 12.4. The molecule has 3 heterocycles. The molecule has 122 valence electrons. The molecule has 0 unspecified atom stereocenters. The van der Waals surface area contributed by atoms with Crippen LogP contribution >= 0.6 is 0 Å². The Labute approximate surface area is 135 Å². The molecular formula is C16H21N5O2. The van der Waals surface area contributed by atoms with Crippen molar-refractivity contribution in [2.75, 3.05) is 31.1 Å². The Hall–Kier alpha value is -2.44. The Kier molecular flexibility index (Phi) is 4.55. The van der Waals surface area contributed by atoms with Gasteiger partial charge in [0.1, 0.15) is 11.6 Å². The number of aryl methyl sites for hydroxylation is 2. The van der Waals surface area contributed by atoms with Crippen molar-refractivity contribution in [3.8, 4) is 0 Å². The SMILES string of the molecule is Cc1noc(C)c1CCC(=O)N1CCN(c2cnccn2)CC1. The average molecular weight is 315 g/mol. The van der Waals surface area contributed by atoms with Crippen LogP contribution in [0.3, 0.4) is 0 Å². The second kappa shape index (κ2) is 6.76. The van der Waals surface area contributed by atoms with Crippen molar-refractivity contribution in [1.29, 1.82) is 0 Å². The predicted molar refractivity (Wildman–Crippen MR) is 85.1 cm³/mol. The zero-order valence-electron chi connectivity index (χ0n) is 13.5. The highest BCUT2D eigenvalue weighted by atomic mass is 16.5. The summed E-state index contributed by atoms with van der Waals surface area (Å²) in [6.45, 7) is 6.81. The summed E-state index contributed by atoms with van der Waals surface area (Å²) in [6.07, 6.45) is 6.29. The molecule has 7 heteroatoms. The van der Waals surface area contributed by atoms with Crippen molar-refractivity contribution >= 4 is 11.7 Å². The molecule has 2 aromatic heterocycles. The van der Waals surface area contributed by atoms with Gasteiger partial charge in [-0.2, -0.15) is 0 Å². The van der Waals surface area contributed by atoms with Crippen molar-refractivity contribution in [2.24, 2.45) is 0 Å². The second-order valence-corrected chi connectivity index (χ2v) is 5.73. The van der Waals surface area contributed by atoms with E-state index >= 15 is 0 Å². The third kappa shape index (κ3) is 3.49. The summed E-state index contributed by atoms with van der Waals surface area (Å²) < 4.78 is 5.14. The third-order valence-electron chi connectivity index (χ3n) is 4.28. The number of carbonyl (C=O) groups is 1. The number of anilines is 1. The van der Waals surface area contributed by atoms with Crippen LogP contribution in [0.25, 0.3) is 0 Å². The van der Waals surface area contributed by atoms with Crippen molar-refractivity contribution in [1.82, 2.24) is 20.0 Å². The van der Waals surface area contributed by atoms with Crippen molar-refractivity contribution in [3.63, 3.8) is 0 Å². The van der Waals surface area contributed by atoms with E-state index in [1.807, 2.05) is 18.7 Å². The molecule has 0 aromatic carbocycles. The molecule has 0 atom stereocenters. The van der Waals surface area contributed by atoms with E-state index in [0.29, 0.717) is 12.8 Å². The molecular weight excluding hydrogens is 294 g/mol. The summed E-state index contributed by atoms with van der Waals surface area (Å²) in [4.78, 5) is 24.9. The van der Waals surface area contributed by atoms with Gasteiger partial charge < -0.3 is 14.3 Å². The molecule has 1 aliphatic rings. The fraction of sp³-hybridized carbons (Fsp3) is 0.500. The highest BCUT2D eigenvalue weighted by Gasteiger charge is 2.22. The maximum absolute atomic E-state index is 12.4. The van der Waals surface area contributed by atoms with E-state index in [0.717, 1.165) is 49.0 Å². The molecule has 0 aliphatic carbocycles. The molecule has 1 amide bonds. The van der Waals surface area contributed by atoms with E-state index in [4.69, 9.17) is 4.52 Å². The van der Waals surface area contributed by atoms with Gasteiger partial charge in [-0.25, -0.2) is 4.98 Å². The molecule has 23 heavy (non-hydrogen) atoms. The van der Waals surface area contributed by atoms with Crippen molar-refractivity contribution < 1.29 is 9.32 Å². The lowest BCUT2D eigenvalue weighted by Crippen LogP contribution is -2.49. The minimum absolute atomic E-state index is 0.184. The number of nitrogens with zero attached hydrogens (tertiary/aromatic N) is 5. The Morgan fingerprint density at radius 1 is 1.22 bits per heavy atom. The van der Waals surface area contributed by atoms with Crippen LogP contribution in [-0.2, 0) is 11.2 Å². The number of aromatic nitrogens is 3. The zero-order valence-corrected chi connectivity index (χ0v) is 13.5. The zero-order chi connectivity index (χ0) is 16.2. The van der Waals surface area contributed by atoms with Gasteiger partial charge in [-0.1, -0.05) is 5.16 Å². The first-order valence-corrected chi connectivity index (χ1v) is 7.85. The van der Waals surface area contributed by atoms with Gasteiger partial charge in [0, 0.05) is 50.6 Å². The first kappa shape index (κ1) is 15.5. The lowest BCUT2D eigenvalue weighted by Gasteiger charge is -2.35. The summed E-state index contributed by atoms with van der Waals surface area (Å²) in [5, 5.41) is 3.93. The topological polar surface area (TPSA) is 75.4 Å². The van der Waals surface area contributed by atoms with Crippen LogP contribution < -0.4 is 4.90 Å². The maximum Gasteiger partial charge on any atom is 0.223 e. The molecule has 3 rings (SSSR count). The minimum Gasteiger partial charge on any atom is -0.361 e. The molecule has 1 saturated heterocycles. The summed E-state index contributed by atoms with van der Waals surface area (Å²) in [7, 11) is 0. The summed E-state index contributed by atoms with van der Waals surface area (Å²) in [5.41, 5.74) is 1.93. The van der Waals surface area contributed by atoms with Gasteiger partial charge >= 0.3 is 0 Å². The van der Waals surface area contributed by atoms with Crippen LogP contribution in [0.2, 0.25) is 0 Å².